The van der Waals surface area contributed by atoms with E-state index >= 15 is 0 Å². The molecule has 4 saturated heterocycles. The molecule has 11 heteroatoms. The standard InChI is InChI=1S/C37H52N4O5S2/c1-3-6-33-7-4-5-22-41(33)34-20-27-40(28-21-34)47(42,43)36-12-8-30(9-13-36)29-31-16-23-38(24-17-31)32-18-25-39(26-19-32)48(44,45)37-14-10-35(46-2)11-15-37/h1,8-15,31-34H,4-7,16-29H2,2H3. The Morgan fingerprint density at radius 1 is 0.688 bits per heavy atom. The van der Waals surface area contributed by atoms with Gasteiger partial charge in [-0.15, -0.1) is 12.3 Å². The zero-order chi connectivity index (χ0) is 33.7. The Bertz CT molecular complexity index is 1600. The fourth-order valence-electron chi connectivity index (χ4n) is 8.42. The summed E-state index contributed by atoms with van der Waals surface area (Å²) >= 11 is 0. The molecule has 48 heavy (non-hydrogen) atoms. The van der Waals surface area contributed by atoms with Gasteiger partial charge in [-0.2, -0.15) is 8.61 Å². The van der Waals surface area contributed by atoms with Crippen molar-refractivity contribution in [3.63, 3.8) is 0 Å². The number of piperidine rings is 4. The zero-order valence-electron chi connectivity index (χ0n) is 28.4. The van der Waals surface area contributed by atoms with E-state index in [1.165, 1.54) is 18.4 Å². The molecule has 0 radical (unpaired) electrons. The van der Waals surface area contributed by atoms with Crippen LogP contribution in [0.1, 0.15) is 69.8 Å². The minimum absolute atomic E-state index is 0.316. The summed E-state index contributed by atoms with van der Waals surface area (Å²) in [5, 5.41) is 0. The van der Waals surface area contributed by atoms with E-state index in [9.17, 15) is 16.8 Å². The van der Waals surface area contributed by atoms with Crippen molar-refractivity contribution in [1.29, 1.82) is 0 Å². The van der Waals surface area contributed by atoms with E-state index in [0.29, 0.717) is 65.8 Å². The van der Waals surface area contributed by atoms with Crippen molar-refractivity contribution in [2.45, 2.75) is 98.5 Å². The maximum absolute atomic E-state index is 13.5. The summed E-state index contributed by atoms with van der Waals surface area (Å²) in [6.07, 6.45) is 16.6. The topological polar surface area (TPSA) is 90.5 Å². The zero-order valence-corrected chi connectivity index (χ0v) is 30.0. The number of likely N-dealkylation sites (tertiary alicyclic amines) is 2. The molecule has 0 saturated carbocycles. The monoisotopic (exact) mass is 696 g/mol. The highest BCUT2D eigenvalue weighted by molar-refractivity contribution is 7.89. The van der Waals surface area contributed by atoms with Crippen LogP contribution in [0.15, 0.2) is 58.3 Å². The van der Waals surface area contributed by atoms with Crippen molar-refractivity contribution in [3.8, 4) is 18.1 Å². The molecule has 4 aliphatic rings. The number of methoxy groups -OCH3 is 1. The van der Waals surface area contributed by atoms with Crippen LogP contribution < -0.4 is 4.74 Å². The third-order valence-electron chi connectivity index (χ3n) is 11.3. The van der Waals surface area contributed by atoms with Crippen LogP contribution in [0.5, 0.6) is 5.75 Å². The first-order valence-electron chi connectivity index (χ1n) is 17.9. The Balaban J connectivity index is 0.945. The molecule has 1 unspecified atom stereocenters. The number of sulfonamides is 2. The summed E-state index contributed by atoms with van der Waals surface area (Å²) in [7, 11) is -5.44. The molecule has 0 aromatic heterocycles. The van der Waals surface area contributed by atoms with E-state index < -0.39 is 20.0 Å². The third kappa shape index (κ3) is 7.95. The van der Waals surface area contributed by atoms with E-state index in [4.69, 9.17) is 11.2 Å². The van der Waals surface area contributed by atoms with Crippen LogP contribution in [0.25, 0.3) is 0 Å². The molecule has 1 atom stereocenters. The second kappa shape index (κ2) is 15.6. The first-order valence-corrected chi connectivity index (χ1v) is 20.7. The molecule has 0 amide bonds. The summed E-state index contributed by atoms with van der Waals surface area (Å²) in [6, 6.07) is 15.5. The number of hydrogen-bond donors (Lipinski definition) is 0. The molecular weight excluding hydrogens is 645 g/mol. The molecule has 0 N–H and O–H groups in total. The Labute approximate surface area is 288 Å². The van der Waals surface area contributed by atoms with E-state index in [0.717, 1.165) is 77.4 Å². The van der Waals surface area contributed by atoms with Crippen molar-refractivity contribution < 1.29 is 21.6 Å². The first kappa shape index (κ1) is 35.4. The maximum Gasteiger partial charge on any atom is 0.243 e. The molecule has 4 heterocycles. The molecule has 9 nitrogen and oxygen atoms in total. The second-order valence-electron chi connectivity index (χ2n) is 14.1. The lowest BCUT2D eigenvalue weighted by Gasteiger charge is -2.44. The fraction of sp³-hybridized carbons (Fsp3) is 0.622. The highest BCUT2D eigenvalue weighted by Crippen LogP contribution is 2.31. The molecule has 4 aliphatic heterocycles. The number of hydrogen-bond acceptors (Lipinski definition) is 7. The van der Waals surface area contributed by atoms with E-state index in [1.54, 1.807) is 52.1 Å². The predicted molar refractivity (Wildman–Crippen MR) is 189 cm³/mol. The summed E-state index contributed by atoms with van der Waals surface area (Å²) < 4.78 is 61.9. The molecule has 4 fully saturated rings. The van der Waals surface area contributed by atoms with Crippen LogP contribution in [-0.4, -0.2) is 106 Å². The van der Waals surface area contributed by atoms with Gasteiger partial charge in [-0.25, -0.2) is 16.8 Å². The minimum Gasteiger partial charge on any atom is -0.497 e. The van der Waals surface area contributed by atoms with Gasteiger partial charge >= 0.3 is 0 Å². The first-order chi connectivity index (χ1) is 23.2. The Morgan fingerprint density at radius 3 is 1.77 bits per heavy atom. The number of terminal acetylenes is 1. The minimum atomic E-state index is -3.51. The second-order valence-corrected chi connectivity index (χ2v) is 17.9. The normalized spacial score (nSPS) is 24.0. The van der Waals surface area contributed by atoms with Gasteiger partial charge in [0.05, 0.1) is 16.9 Å². The molecule has 2 aromatic rings. The molecule has 0 bridgehead atoms. The average Bonchev–Trinajstić information content (AvgIpc) is 3.13. The number of ether oxygens (including phenoxy) is 1. The van der Waals surface area contributed by atoms with Crippen LogP contribution in [-0.2, 0) is 26.5 Å². The maximum atomic E-state index is 13.5. The quantitative estimate of drug-likeness (QED) is 0.329. The van der Waals surface area contributed by atoms with Crippen LogP contribution >= 0.6 is 0 Å². The van der Waals surface area contributed by atoms with Gasteiger partial charge < -0.3 is 9.64 Å². The van der Waals surface area contributed by atoms with E-state index in [1.807, 2.05) is 12.1 Å². The van der Waals surface area contributed by atoms with Crippen molar-refractivity contribution in [1.82, 2.24) is 18.4 Å². The van der Waals surface area contributed by atoms with Crippen molar-refractivity contribution in [2.75, 3.05) is 52.9 Å². The Hall–Kier alpha value is -2.46. The van der Waals surface area contributed by atoms with Crippen LogP contribution in [0.4, 0.5) is 0 Å². The number of rotatable bonds is 10. The van der Waals surface area contributed by atoms with Gasteiger partial charge in [0.25, 0.3) is 0 Å². The van der Waals surface area contributed by atoms with Gasteiger partial charge in [0.2, 0.25) is 20.0 Å². The van der Waals surface area contributed by atoms with Crippen molar-refractivity contribution in [3.05, 3.63) is 54.1 Å². The molecule has 0 spiro atoms. The summed E-state index contributed by atoms with van der Waals surface area (Å²) in [6.45, 7) is 5.30. The van der Waals surface area contributed by atoms with Gasteiger partial charge in [0.15, 0.2) is 0 Å². The lowest BCUT2D eigenvalue weighted by Crippen LogP contribution is -2.51. The smallest absolute Gasteiger partial charge is 0.243 e. The highest BCUT2D eigenvalue weighted by atomic mass is 32.2. The van der Waals surface area contributed by atoms with Crippen LogP contribution in [0.2, 0.25) is 0 Å². The van der Waals surface area contributed by atoms with Gasteiger partial charge in [-0.3, -0.25) is 4.90 Å². The van der Waals surface area contributed by atoms with Crippen LogP contribution in [0, 0.1) is 18.3 Å². The molecule has 262 valence electrons. The Morgan fingerprint density at radius 2 is 1.23 bits per heavy atom. The predicted octanol–water partition coefficient (Wildman–Crippen LogP) is 4.83. The summed E-state index contributed by atoms with van der Waals surface area (Å²) in [5.41, 5.74) is 1.19. The fourth-order valence-corrected chi connectivity index (χ4v) is 11.4. The van der Waals surface area contributed by atoms with E-state index in [-0.39, 0.29) is 0 Å². The molecule has 0 aliphatic carbocycles. The lowest BCUT2D eigenvalue weighted by molar-refractivity contribution is 0.0674. The van der Waals surface area contributed by atoms with Gasteiger partial charge in [0, 0.05) is 50.7 Å². The van der Waals surface area contributed by atoms with Crippen molar-refractivity contribution in [2.24, 2.45) is 5.92 Å². The van der Waals surface area contributed by atoms with Gasteiger partial charge in [-0.05, 0) is 125 Å². The van der Waals surface area contributed by atoms with Gasteiger partial charge in [-0.1, -0.05) is 18.6 Å². The van der Waals surface area contributed by atoms with Crippen molar-refractivity contribution >= 4 is 20.0 Å². The largest absolute Gasteiger partial charge is 0.497 e. The lowest BCUT2D eigenvalue weighted by atomic mass is 9.89. The number of nitrogens with zero attached hydrogens (tertiary/aromatic N) is 4. The summed E-state index contributed by atoms with van der Waals surface area (Å²) in [5.74, 6) is 4.05. The third-order valence-corrected chi connectivity index (χ3v) is 15.1. The molecule has 6 rings (SSSR count). The molecule has 2 aromatic carbocycles. The summed E-state index contributed by atoms with van der Waals surface area (Å²) in [4.78, 5) is 5.82. The molecular formula is C37H52N4O5S2. The highest BCUT2D eigenvalue weighted by Gasteiger charge is 2.36. The van der Waals surface area contributed by atoms with Gasteiger partial charge in [0.1, 0.15) is 5.75 Å². The van der Waals surface area contributed by atoms with E-state index in [2.05, 4.69) is 15.7 Å². The number of benzene rings is 2. The van der Waals surface area contributed by atoms with Crippen LogP contribution in [0.3, 0.4) is 0 Å². The average molecular weight is 697 g/mol. The SMILES string of the molecule is C#CCC1CCCCN1C1CCN(S(=O)(=O)c2ccc(CC3CCN(C4CCN(S(=O)(=O)c5ccc(OC)cc5)CC4)CC3)cc2)CC1. The Kier molecular flexibility index (Phi) is 11.5.